The van der Waals surface area contributed by atoms with Crippen molar-refractivity contribution in [2.75, 3.05) is 5.75 Å². The average molecular weight is 244 g/mol. The Morgan fingerprint density at radius 3 is 2.82 bits per heavy atom. The van der Waals surface area contributed by atoms with Gasteiger partial charge in [-0.05, 0) is 17.7 Å². The molecule has 2 aromatic rings. The quantitative estimate of drug-likeness (QED) is 0.832. The van der Waals surface area contributed by atoms with Crippen LogP contribution in [0, 0.1) is 0 Å². The summed E-state index contributed by atoms with van der Waals surface area (Å²) in [6.45, 7) is 1.57. The van der Waals surface area contributed by atoms with Gasteiger partial charge >= 0.3 is 0 Å². The van der Waals surface area contributed by atoms with Gasteiger partial charge in [0.25, 0.3) is 0 Å². The zero-order valence-corrected chi connectivity index (χ0v) is 10.3. The van der Waals surface area contributed by atoms with E-state index in [1.165, 1.54) is 11.8 Å². The Balaban J connectivity index is 2.11. The minimum absolute atomic E-state index is 0.138. The molecule has 0 fully saturated rings. The van der Waals surface area contributed by atoms with Crippen molar-refractivity contribution >= 4 is 34.0 Å². The summed E-state index contributed by atoms with van der Waals surface area (Å²) in [4.78, 5) is 19.2. The van der Waals surface area contributed by atoms with Gasteiger partial charge in [-0.25, -0.2) is 0 Å². The highest BCUT2D eigenvalue weighted by atomic mass is 32.2. The van der Waals surface area contributed by atoms with Gasteiger partial charge in [0.2, 0.25) is 0 Å². The lowest BCUT2D eigenvalue weighted by atomic mass is 10.2. The summed E-state index contributed by atoms with van der Waals surface area (Å²) in [6, 6.07) is 5.92. The Morgan fingerprint density at radius 2 is 2.06 bits per heavy atom. The molecule has 0 N–H and O–H groups in total. The Bertz CT molecular complexity index is 566. The van der Waals surface area contributed by atoms with Crippen molar-refractivity contribution in [3.8, 4) is 0 Å². The number of hydrogen-bond donors (Lipinski definition) is 0. The van der Waals surface area contributed by atoms with Crippen LogP contribution in [0.1, 0.15) is 12.5 Å². The van der Waals surface area contributed by atoms with Crippen LogP contribution in [0.2, 0.25) is 0 Å². The largest absolute Gasteiger partial charge is 0.288 e. The first-order valence-electron chi connectivity index (χ1n) is 5.26. The summed E-state index contributed by atoms with van der Waals surface area (Å²) in [6.07, 6.45) is 7.33. The molecule has 1 aromatic heterocycles. The summed E-state index contributed by atoms with van der Waals surface area (Å²) in [5.74, 6) is 0.702. The van der Waals surface area contributed by atoms with E-state index in [-0.39, 0.29) is 5.12 Å². The van der Waals surface area contributed by atoms with Crippen LogP contribution in [-0.4, -0.2) is 20.8 Å². The molecule has 0 aliphatic rings. The normalized spacial score (nSPS) is 11.1. The van der Waals surface area contributed by atoms with E-state index in [0.29, 0.717) is 5.75 Å². The SMILES string of the molecule is CC(=O)SCC=Cc1ccc2nccnc2c1. The number of rotatable bonds is 3. The third-order valence-electron chi connectivity index (χ3n) is 2.19. The average Bonchev–Trinajstić information content (AvgIpc) is 2.34. The highest BCUT2D eigenvalue weighted by Gasteiger charge is 1.95. The topological polar surface area (TPSA) is 42.9 Å². The van der Waals surface area contributed by atoms with Crippen molar-refractivity contribution in [2.45, 2.75) is 6.92 Å². The molecular formula is C13H12N2OS. The zero-order chi connectivity index (χ0) is 12.1. The molecule has 0 spiro atoms. The minimum Gasteiger partial charge on any atom is -0.288 e. The van der Waals surface area contributed by atoms with Crippen LogP contribution in [0.4, 0.5) is 0 Å². The van der Waals surface area contributed by atoms with Crippen molar-refractivity contribution in [1.82, 2.24) is 9.97 Å². The fourth-order valence-electron chi connectivity index (χ4n) is 1.43. The van der Waals surface area contributed by atoms with E-state index in [0.717, 1.165) is 16.6 Å². The third kappa shape index (κ3) is 3.39. The first-order valence-corrected chi connectivity index (χ1v) is 6.25. The molecule has 0 amide bonds. The van der Waals surface area contributed by atoms with Crippen molar-refractivity contribution < 1.29 is 4.79 Å². The zero-order valence-electron chi connectivity index (χ0n) is 9.46. The molecule has 0 atom stereocenters. The molecule has 2 rings (SSSR count). The molecular weight excluding hydrogens is 232 g/mol. The molecule has 0 saturated heterocycles. The fourth-order valence-corrected chi connectivity index (χ4v) is 1.86. The number of carbonyl (C=O) groups excluding carboxylic acids is 1. The molecule has 0 aliphatic heterocycles. The van der Waals surface area contributed by atoms with Gasteiger partial charge < -0.3 is 0 Å². The number of benzene rings is 1. The maximum atomic E-state index is 10.7. The predicted octanol–water partition coefficient (Wildman–Crippen LogP) is 2.92. The molecule has 0 radical (unpaired) electrons. The molecule has 4 heteroatoms. The smallest absolute Gasteiger partial charge is 0.186 e. The van der Waals surface area contributed by atoms with Gasteiger partial charge in [0.05, 0.1) is 11.0 Å². The molecule has 3 nitrogen and oxygen atoms in total. The Labute approximate surface area is 104 Å². The van der Waals surface area contributed by atoms with Gasteiger partial charge in [-0.2, -0.15) is 0 Å². The van der Waals surface area contributed by atoms with Crippen LogP contribution in [-0.2, 0) is 4.79 Å². The molecule has 0 aliphatic carbocycles. The van der Waals surface area contributed by atoms with Crippen LogP contribution in [0.3, 0.4) is 0 Å². The maximum Gasteiger partial charge on any atom is 0.186 e. The van der Waals surface area contributed by atoms with E-state index in [9.17, 15) is 4.79 Å². The third-order valence-corrected chi connectivity index (χ3v) is 2.95. The van der Waals surface area contributed by atoms with Crippen LogP contribution in [0.25, 0.3) is 17.1 Å². The summed E-state index contributed by atoms with van der Waals surface area (Å²) in [7, 11) is 0. The van der Waals surface area contributed by atoms with Crippen LogP contribution in [0.15, 0.2) is 36.7 Å². The molecule has 1 heterocycles. The number of aromatic nitrogens is 2. The van der Waals surface area contributed by atoms with E-state index >= 15 is 0 Å². The molecule has 0 bridgehead atoms. The number of fused-ring (bicyclic) bond motifs is 1. The number of thioether (sulfide) groups is 1. The Kier molecular flexibility index (Phi) is 3.88. The van der Waals surface area contributed by atoms with Crippen LogP contribution < -0.4 is 0 Å². The van der Waals surface area contributed by atoms with E-state index in [4.69, 9.17) is 0 Å². The van der Waals surface area contributed by atoms with Gasteiger partial charge in [0, 0.05) is 25.1 Å². The Morgan fingerprint density at radius 1 is 1.29 bits per heavy atom. The minimum atomic E-state index is 0.138. The van der Waals surface area contributed by atoms with E-state index in [1.807, 2.05) is 30.4 Å². The van der Waals surface area contributed by atoms with Gasteiger partial charge in [0.15, 0.2) is 5.12 Å². The first-order chi connectivity index (χ1) is 8.25. The van der Waals surface area contributed by atoms with Gasteiger partial charge in [0.1, 0.15) is 0 Å². The maximum absolute atomic E-state index is 10.7. The summed E-state index contributed by atoms with van der Waals surface area (Å²) < 4.78 is 0. The van der Waals surface area contributed by atoms with E-state index in [1.54, 1.807) is 19.3 Å². The Hall–Kier alpha value is -1.68. The highest BCUT2D eigenvalue weighted by molar-refractivity contribution is 8.13. The molecule has 0 saturated carbocycles. The standard InChI is InChI=1S/C13H12N2OS/c1-10(16)17-8-2-3-11-4-5-12-13(9-11)15-7-6-14-12/h2-7,9H,8H2,1H3. The molecule has 0 unspecified atom stereocenters. The predicted molar refractivity (Wildman–Crippen MR) is 71.7 cm³/mol. The van der Waals surface area contributed by atoms with Crippen LogP contribution >= 0.6 is 11.8 Å². The van der Waals surface area contributed by atoms with Crippen LogP contribution in [0.5, 0.6) is 0 Å². The van der Waals surface area contributed by atoms with Gasteiger partial charge in [-0.1, -0.05) is 30.0 Å². The lowest BCUT2D eigenvalue weighted by Crippen LogP contribution is -1.84. The monoisotopic (exact) mass is 244 g/mol. The number of hydrogen-bond acceptors (Lipinski definition) is 4. The summed E-state index contributed by atoms with van der Waals surface area (Å²) in [5, 5.41) is 0.138. The van der Waals surface area contributed by atoms with Crippen molar-refractivity contribution in [3.05, 3.63) is 42.2 Å². The summed E-state index contributed by atoms with van der Waals surface area (Å²) in [5.41, 5.74) is 2.85. The molecule has 1 aromatic carbocycles. The van der Waals surface area contributed by atoms with Crippen molar-refractivity contribution in [1.29, 1.82) is 0 Å². The second-order valence-corrected chi connectivity index (χ2v) is 4.71. The molecule has 86 valence electrons. The lowest BCUT2D eigenvalue weighted by molar-refractivity contribution is -0.109. The van der Waals surface area contributed by atoms with E-state index in [2.05, 4.69) is 9.97 Å². The second-order valence-electron chi connectivity index (χ2n) is 3.51. The fraction of sp³-hybridized carbons (Fsp3) is 0.154. The number of nitrogens with zero attached hydrogens (tertiary/aromatic N) is 2. The van der Waals surface area contributed by atoms with Gasteiger partial charge in [-0.15, -0.1) is 0 Å². The van der Waals surface area contributed by atoms with Gasteiger partial charge in [-0.3, -0.25) is 14.8 Å². The molecule has 17 heavy (non-hydrogen) atoms. The van der Waals surface area contributed by atoms with E-state index < -0.39 is 0 Å². The first kappa shape index (κ1) is 11.8. The number of carbonyl (C=O) groups is 1. The van der Waals surface area contributed by atoms with Crippen molar-refractivity contribution in [2.24, 2.45) is 0 Å². The lowest BCUT2D eigenvalue weighted by Gasteiger charge is -1.97. The highest BCUT2D eigenvalue weighted by Crippen LogP contribution is 2.12. The van der Waals surface area contributed by atoms with Crippen molar-refractivity contribution in [3.63, 3.8) is 0 Å². The summed E-state index contributed by atoms with van der Waals surface area (Å²) >= 11 is 1.30. The second kappa shape index (κ2) is 5.59.